The normalized spacial score (nSPS) is 22.5. The number of rotatable bonds is 7. The molecule has 0 aromatic carbocycles. The summed E-state index contributed by atoms with van der Waals surface area (Å²) in [6.45, 7) is 4.96. The minimum absolute atomic E-state index is 0.124. The van der Waals surface area contributed by atoms with E-state index >= 15 is 0 Å². The van der Waals surface area contributed by atoms with Gasteiger partial charge in [-0.2, -0.15) is 0 Å². The lowest BCUT2D eigenvalue weighted by Gasteiger charge is -2.28. The van der Waals surface area contributed by atoms with Gasteiger partial charge in [0.15, 0.2) is 0 Å². The van der Waals surface area contributed by atoms with Gasteiger partial charge >= 0.3 is 5.97 Å². The molecule has 1 fully saturated rings. The molecule has 2 N–H and O–H groups in total. The van der Waals surface area contributed by atoms with E-state index in [1.54, 1.807) is 13.8 Å². The molecule has 22 heavy (non-hydrogen) atoms. The molecule has 0 bridgehead atoms. The third-order valence-electron chi connectivity index (χ3n) is 3.92. The number of carboxylic acids is 1. The van der Waals surface area contributed by atoms with Gasteiger partial charge in [0.1, 0.15) is 12.3 Å². The Morgan fingerprint density at radius 3 is 2.23 bits per heavy atom. The molecular formula is C14H26N2O5S. The quantitative estimate of drug-likeness (QED) is 0.717. The van der Waals surface area contributed by atoms with Crippen LogP contribution in [0.15, 0.2) is 0 Å². The number of amides is 1. The third-order valence-corrected chi connectivity index (χ3v) is 5.24. The van der Waals surface area contributed by atoms with Gasteiger partial charge in [-0.05, 0) is 45.4 Å². The Bertz CT molecular complexity index is 495. The Morgan fingerprint density at radius 1 is 1.23 bits per heavy atom. The molecule has 0 radical (unpaired) electrons. The Balaban J connectivity index is 2.62. The molecule has 128 valence electrons. The van der Waals surface area contributed by atoms with Crippen molar-refractivity contribution in [2.45, 2.75) is 58.5 Å². The zero-order valence-electron chi connectivity index (χ0n) is 13.4. The van der Waals surface area contributed by atoms with Crippen molar-refractivity contribution in [1.29, 1.82) is 0 Å². The monoisotopic (exact) mass is 334 g/mol. The second-order valence-corrected chi connectivity index (χ2v) is 8.10. The summed E-state index contributed by atoms with van der Waals surface area (Å²) in [5.74, 6) is -1.94. The van der Waals surface area contributed by atoms with Crippen LogP contribution in [-0.2, 0) is 19.6 Å². The SMILES string of the molecule is CC1CCC(NS(=O)(=O)CC(=O)N(CC(=O)O)C(C)C)CC1. The van der Waals surface area contributed by atoms with Crippen LogP contribution in [0.5, 0.6) is 0 Å². The molecule has 0 saturated heterocycles. The highest BCUT2D eigenvalue weighted by Crippen LogP contribution is 2.23. The average molecular weight is 334 g/mol. The van der Waals surface area contributed by atoms with E-state index in [1.165, 1.54) is 0 Å². The number of aliphatic carboxylic acids is 1. The van der Waals surface area contributed by atoms with Gasteiger partial charge in [-0.15, -0.1) is 0 Å². The number of carbonyl (C=O) groups is 2. The molecule has 1 saturated carbocycles. The summed E-state index contributed by atoms with van der Waals surface area (Å²) in [5, 5.41) is 8.81. The molecule has 0 unspecified atom stereocenters. The first-order chi connectivity index (χ1) is 10.1. The van der Waals surface area contributed by atoms with Crippen molar-refractivity contribution < 1.29 is 23.1 Å². The van der Waals surface area contributed by atoms with Crippen LogP contribution in [0.3, 0.4) is 0 Å². The molecule has 1 aliphatic carbocycles. The highest BCUT2D eigenvalue weighted by atomic mass is 32.2. The summed E-state index contributed by atoms with van der Waals surface area (Å²) in [7, 11) is -3.75. The zero-order valence-corrected chi connectivity index (χ0v) is 14.2. The highest BCUT2D eigenvalue weighted by Gasteiger charge is 2.28. The Hall–Kier alpha value is -1.15. The van der Waals surface area contributed by atoms with E-state index in [0.717, 1.165) is 30.6 Å². The van der Waals surface area contributed by atoms with Crippen molar-refractivity contribution in [2.24, 2.45) is 5.92 Å². The number of carboxylic acid groups (broad SMARTS) is 1. The van der Waals surface area contributed by atoms with Crippen molar-refractivity contribution in [3.63, 3.8) is 0 Å². The van der Waals surface area contributed by atoms with Gasteiger partial charge in [-0.25, -0.2) is 13.1 Å². The molecule has 8 heteroatoms. The molecule has 1 amide bonds. The fourth-order valence-electron chi connectivity index (χ4n) is 2.62. The predicted octanol–water partition coefficient (Wildman–Crippen LogP) is 0.806. The second-order valence-electron chi connectivity index (χ2n) is 6.34. The molecule has 0 heterocycles. The van der Waals surface area contributed by atoms with Crippen molar-refractivity contribution in [3.05, 3.63) is 0 Å². The summed E-state index contributed by atoms with van der Waals surface area (Å²) < 4.78 is 26.8. The Labute approximate surface area is 132 Å². The van der Waals surface area contributed by atoms with Crippen molar-refractivity contribution >= 4 is 21.9 Å². The Kier molecular flexibility index (Phi) is 6.80. The number of carbonyl (C=O) groups excluding carboxylic acids is 1. The van der Waals surface area contributed by atoms with Crippen LogP contribution in [0.25, 0.3) is 0 Å². The maximum Gasteiger partial charge on any atom is 0.323 e. The van der Waals surface area contributed by atoms with E-state index in [4.69, 9.17) is 5.11 Å². The third kappa shape index (κ3) is 6.31. The number of hydrogen-bond acceptors (Lipinski definition) is 4. The molecule has 1 rings (SSSR count). The first-order valence-electron chi connectivity index (χ1n) is 7.62. The van der Waals surface area contributed by atoms with E-state index in [-0.39, 0.29) is 12.1 Å². The summed E-state index contributed by atoms with van der Waals surface area (Å²) in [6.07, 6.45) is 3.49. The first kappa shape index (κ1) is 18.9. The molecule has 0 spiro atoms. The molecule has 0 aromatic heterocycles. The van der Waals surface area contributed by atoms with Crippen LogP contribution in [0.1, 0.15) is 46.5 Å². The minimum Gasteiger partial charge on any atom is -0.480 e. The molecule has 7 nitrogen and oxygen atoms in total. The van der Waals surface area contributed by atoms with E-state index in [0.29, 0.717) is 5.92 Å². The Morgan fingerprint density at radius 2 is 1.77 bits per heavy atom. The largest absolute Gasteiger partial charge is 0.480 e. The first-order valence-corrected chi connectivity index (χ1v) is 9.27. The molecule has 0 aromatic rings. The van der Waals surface area contributed by atoms with Crippen molar-refractivity contribution in [2.75, 3.05) is 12.3 Å². The summed E-state index contributed by atoms with van der Waals surface area (Å²) in [4.78, 5) is 23.9. The maximum absolute atomic E-state index is 12.1. The lowest BCUT2D eigenvalue weighted by atomic mass is 9.88. The second kappa shape index (κ2) is 7.92. The van der Waals surface area contributed by atoms with E-state index < -0.39 is 34.2 Å². The topological polar surface area (TPSA) is 104 Å². The zero-order chi connectivity index (χ0) is 16.9. The van der Waals surface area contributed by atoms with E-state index in [2.05, 4.69) is 11.6 Å². The van der Waals surface area contributed by atoms with Gasteiger partial charge in [0.05, 0.1) is 0 Å². The highest BCUT2D eigenvalue weighted by molar-refractivity contribution is 7.90. The van der Waals surface area contributed by atoms with Crippen LogP contribution in [0.4, 0.5) is 0 Å². The summed E-state index contributed by atoms with van der Waals surface area (Å²) in [5.41, 5.74) is 0. The van der Waals surface area contributed by atoms with Crippen molar-refractivity contribution in [3.8, 4) is 0 Å². The molecule has 1 aliphatic rings. The van der Waals surface area contributed by atoms with Crippen molar-refractivity contribution in [1.82, 2.24) is 9.62 Å². The standard InChI is InChI=1S/C14H26N2O5S/c1-10(2)16(8-14(18)19)13(17)9-22(20,21)15-12-6-4-11(3)5-7-12/h10-12,15H,4-9H2,1-3H3,(H,18,19). The van der Waals surface area contributed by atoms with Crippen LogP contribution in [-0.4, -0.2) is 54.7 Å². The average Bonchev–Trinajstić information content (AvgIpc) is 2.37. The van der Waals surface area contributed by atoms with Gasteiger partial charge < -0.3 is 10.0 Å². The smallest absolute Gasteiger partial charge is 0.323 e. The lowest BCUT2D eigenvalue weighted by Crippen LogP contribution is -2.47. The summed E-state index contributed by atoms with van der Waals surface area (Å²) in [6, 6.07) is -0.490. The van der Waals surface area contributed by atoms with Gasteiger partial charge in [0.25, 0.3) is 0 Å². The molecule has 0 aliphatic heterocycles. The van der Waals surface area contributed by atoms with Crippen LogP contribution in [0, 0.1) is 5.92 Å². The van der Waals surface area contributed by atoms with E-state index in [9.17, 15) is 18.0 Å². The van der Waals surface area contributed by atoms with Gasteiger partial charge in [-0.1, -0.05) is 6.92 Å². The number of nitrogens with zero attached hydrogens (tertiary/aromatic N) is 1. The van der Waals surface area contributed by atoms with Gasteiger partial charge in [0.2, 0.25) is 15.9 Å². The van der Waals surface area contributed by atoms with Crippen LogP contribution in [0.2, 0.25) is 0 Å². The fourth-order valence-corrected chi connectivity index (χ4v) is 3.94. The number of hydrogen-bond donors (Lipinski definition) is 2. The van der Waals surface area contributed by atoms with E-state index in [1.807, 2.05) is 0 Å². The van der Waals surface area contributed by atoms with Gasteiger partial charge in [-0.3, -0.25) is 9.59 Å². The van der Waals surface area contributed by atoms with Crippen LogP contribution < -0.4 is 4.72 Å². The molecular weight excluding hydrogens is 308 g/mol. The summed E-state index contributed by atoms with van der Waals surface area (Å²) >= 11 is 0. The number of sulfonamides is 1. The van der Waals surface area contributed by atoms with Crippen LogP contribution >= 0.6 is 0 Å². The number of nitrogens with one attached hydrogen (secondary N) is 1. The fraction of sp³-hybridized carbons (Fsp3) is 0.857. The minimum atomic E-state index is -3.75. The predicted molar refractivity (Wildman–Crippen MR) is 82.8 cm³/mol. The lowest BCUT2D eigenvalue weighted by molar-refractivity contribution is -0.144. The maximum atomic E-state index is 12.1. The van der Waals surface area contributed by atoms with Gasteiger partial charge in [0, 0.05) is 12.1 Å². The molecule has 0 atom stereocenters.